The van der Waals surface area contributed by atoms with Gasteiger partial charge in [-0.25, -0.2) is 0 Å². The number of guanidine groups is 1. The number of rotatable bonds is 8. The van der Waals surface area contributed by atoms with E-state index in [1.165, 1.54) is 31.2 Å². The van der Waals surface area contributed by atoms with Crippen LogP contribution in [0.1, 0.15) is 56.4 Å². The summed E-state index contributed by atoms with van der Waals surface area (Å²) in [6.07, 6.45) is 8.19. The fourth-order valence-electron chi connectivity index (χ4n) is 4.23. The van der Waals surface area contributed by atoms with Crippen LogP contribution in [0.5, 0.6) is 0 Å². The summed E-state index contributed by atoms with van der Waals surface area (Å²) >= 11 is 0. The van der Waals surface area contributed by atoms with Crippen LogP contribution in [-0.4, -0.2) is 52.0 Å². The Morgan fingerprint density at radius 3 is 2.54 bits per heavy atom. The first-order valence-electron chi connectivity index (χ1n) is 11.0. The molecule has 5 heteroatoms. The predicted molar refractivity (Wildman–Crippen MR) is 115 cm³/mol. The van der Waals surface area contributed by atoms with E-state index in [0.29, 0.717) is 17.9 Å². The van der Waals surface area contributed by atoms with Crippen molar-refractivity contribution in [3.05, 3.63) is 35.9 Å². The van der Waals surface area contributed by atoms with Gasteiger partial charge in [-0.3, -0.25) is 4.99 Å². The lowest BCUT2D eigenvalue weighted by atomic mass is 9.82. The molecule has 1 saturated heterocycles. The Balaban J connectivity index is 1.25. The molecule has 28 heavy (non-hydrogen) atoms. The number of ether oxygens (including phenoxy) is 2. The molecule has 1 aliphatic heterocycles. The van der Waals surface area contributed by atoms with E-state index in [-0.39, 0.29) is 0 Å². The quantitative estimate of drug-likeness (QED) is 0.406. The highest BCUT2D eigenvalue weighted by Crippen LogP contribution is 2.32. The van der Waals surface area contributed by atoms with Gasteiger partial charge in [0.05, 0.1) is 0 Å². The van der Waals surface area contributed by atoms with Crippen LogP contribution in [0.25, 0.3) is 0 Å². The lowest BCUT2D eigenvalue weighted by Gasteiger charge is -2.30. The molecular formula is C23H37N3O2. The van der Waals surface area contributed by atoms with Gasteiger partial charge < -0.3 is 20.1 Å². The van der Waals surface area contributed by atoms with E-state index in [2.05, 4.69) is 46.0 Å². The van der Waals surface area contributed by atoms with Gasteiger partial charge in [-0.1, -0.05) is 30.3 Å². The van der Waals surface area contributed by atoms with Crippen molar-refractivity contribution < 1.29 is 9.47 Å². The number of benzene rings is 1. The summed E-state index contributed by atoms with van der Waals surface area (Å²) in [6.45, 7) is 4.37. The van der Waals surface area contributed by atoms with Crippen LogP contribution in [-0.2, 0) is 9.47 Å². The SMILES string of the molecule is CN=C(NCCCOCC1CCOCC1)NC1CCC(c2ccccc2)CC1. The van der Waals surface area contributed by atoms with E-state index in [0.717, 1.165) is 58.2 Å². The zero-order valence-electron chi connectivity index (χ0n) is 17.4. The predicted octanol–water partition coefficient (Wildman–Crippen LogP) is 3.71. The Bertz CT molecular complexity index is 564. The second kappa shape index (κ2) is 12.1. The first kappa shape index (κ1) is 21.1. The molecule has 5 nitrogen and oxygen atoms in total. The average molecular weight is 388 g/mol. The van der Waals surface area contributed by atoms with Crippen LogP contribution < -0.4 is 10.6 Å². The summed E-state index contributed by atoms with van der Waals surface area (Å²) in [5, 5.41) is 7.04. The van der Waals surface area contributed by atoms with Gasteiger partial charge in [0.2, 0.25) is 0 Å². The van der Waals surface area contributed by atoms with Crippen LogP contribution in [0.2, 0.25) is 0 Å². The molecule has 0 amide bonds. The van der Waals surface area contributed by atoms with Crippen molar-refractivity contribution in [3.8, 4) is 0 Å². The fourth-order valence-corrected chi connectivity index (χ4v) is 4.23. The van der Waals surface area contributed by atoms with Crippen molar-refractivity contribution in [2.75, 3.05) is 40.0 Å². The largest absolute Gasteiger partial charge is 0.381 e. The van der Waals surface area contributed by atoms with Gasteiger partial charge in [0.25, 0.3) is 0 Å². The van der Waals surface area contributed by atoms with Crippen LogP contribution in [0, 0.1) is 5.92 Å². The van der Waals surface area contributed by atoms with Gasteiger partial charge in [-0.05, 0) is 62.3 Å². The van der Waals surface area contributed by atoms with Crippen LogP contribution in [0.15, 0.2) is 35.3 Å². The molecule has 1 heterocycles. The van der Waals surface area contributed by atoms with E-state index in [1.54, 1.807) is 0 Å². The Labute approximate surface area is 170 Å². The van der Waals surface area contributed by atoms with Gasteiger partial charge >= 0.3 is 0 Å². The van der Waals surface area contributed by atoms with Crippen molar-refractivity contribution in [3.63, 3.8) is 0 Å². The Morgan fingerprint density at radius 1 is 1.07 bits per heavy atom. The van der Waals surface area contributed by atoms with Crippen molar-refractivity contribution in [1.29, 1.82) is 0 Å². The van der Waals surface area contributed by atoms with Crippen LogP contribution in [0.4, 0.5) is 0 Å². The maximum atomic E-state index is 5.84. The highest BCUT2D eigenvalue weighted by molar-refractivity contribution is 5.79. The zero-order chi connectivity index (χ0) is 19.4. The first-order chi connectivity index (χ1) is 13.8. The molecule has 0 bridgehead atoms. The highest BCUT2D eigenvalue weighted by atomic mass is 16.5. The van der Waals surface area contributed by atoms with E-state index in [1.807, 2.05) is 7.05 Å². The average Bonchev–Trinajstić information content (AvgIpc) is 2.77. The van der Waals surface area contributed by atoms with Crippen LogP contribution >= 0.6 is 0 Å². The normalized spacial score (nSPS) is 24.1. The Hall–Kier alpha value is -1.59. The zero-order valence-corrected chi connectivity index (χ0v) is 17.4. The van der Waals surface area contributed by atoms with Crippen molar-refractivity contribution in [2.45, 2.75) is 56.9 Å². The molecular weight excluding hydrogens is 350 g/mol. The minimum atomic E-state index is 0.524. The molecule has 0 atom stereocenters. The molecule has 0 aromatic heterocycles. The number of nitrogens with one attached hydrogen (secondary N) is 2. The number of aliphatic imine (C=N–C) groups is 1. The standard InChI is InChI=1S/C23H37N3O2/c1-24-23(25-14-5-15-28-18-19-12-16-27-17-13-19)26-22-10-8-21(9-11-22)20-6-3-2-4-7-20/h2-4,6-7,19,21-22H,5,8-18H2,1H3,(H2,24,25,26). The smallest absolute Gasteiger partial charge is 0.191 e. The third kappa shape index (κ3) is 7.10. The summed E-state index contributed by atoms with van der Waals surface area (Å²) in [7, 11) is 1.85. The molecule has 1 aromatic rings. The number of hydrogen-bond acceptors (Lipinski definition) is 3. The topological polar surface area (TPSA) is 54.9 Å². The monoisotopic (exact) mass is 387 g/mol. The van der Waals surface area contributed by atoms with Gasteiger partial charge in [0.1, 0.15) is 0 Å². The second-order valence-corrected chi connectivity index (χ2v) is 8.09. The maximum Gasteiger partial charge on any atom is 0.191 e. The maximum absolute atomic E-state index is 5.84. The number of hydrogen-bond donors (Lipinski definition) is 2. The third-order valence-corrected chi connectivity index (χ3v) is 6.01. The molecule has 2 aliphatic rings. The van der Waals surface area contributed by atoms with E-state index in [9.17, 15) is 0 Å². The summed E-state index contributed by atoms with van der Waals surface area (Å²) in [4.78, 5) is 4.39. The molecule has 0 radical (unpaired) electrons. The molecule has 156 valence electrons. The van der Waals surface area contributed by atoms with Gasteiger partial charge in [0, 0.05) is 46.1 Å². The lowest BCUT2D eigenvalue weighted by Crippen LogP contribution is -2.45. The van der Waals surface area contributed by atoms with E-state index in [4.69, 9.17) is 9.47 Å². The summed E-state index contributed by atoms with van der Waals surface area (Å²) in [5.74, 6) is 2.32. The van der Waals surface area contributed by atoms with Gasteiger partial charge in [-0.15, -0.1) is 0 Å². The molecule has 2 N–H and O–H groups in total. The first-order valence-corrected chi connectivity index (χ1v) is 11.0. The summed E-state index contributed by atoms with van der Waals surface area (Å²) < 4.78 is 11.2. The molecule has 0 spiro atoms. The minimum absolute atomic E-state index is 0.524. The molecule has 1 saturated carbocycles. The van der Waals surface area contributed by atoms with Gasteiger partial charge in [0.15, 0.2) is 5.96 Å². The van der Waals surface area contributed by atoms with E-state index >= 15 is 0 Å². The summed E-state index contributed by atoms with van der Waals surface area (Å²) in [5.41, 5.74) is 1.49. The van der Waals surface area contributed by atoms with Crippen molar-refractivity contribution in [1.82, 2.24) is 10.6 Å². The molecule has 2 fully saturated rings. The fraction of sp³-hybridized carbons (Fsp3) is 0.696. The number of nitrogens with zero attached hydrogens (tertiary/aromatic N) is 1. The molecule has 0 unspecified atom stereocenters. The van der Waals surface area contributed by atoms with Crippen LogP contribution in [0.3, 0.4) is 0 Å². The minimum Gasteiger partial charge on any atom is -0.381 e. The van der Waals surface area contributed by atoms with Gasteiger partial charge in [-0.2, -0.15) is 0 Å². The highest BCUT2D eigenvalue weighted by Gasteiger charge is 2.22. The van der Waals surface area contributed by atoms with Crippen molar-refractivity contribution in [2.24, 2.45) is 10.9 Å². The molecule has 1 aromatic carbocycles. The summed E-state index contributed by atoms with van der Waals surface area (Å²) in [6, 6.07) is 11.5. The third-order valence-electron chi connectivity index (χ3n) is 6.01. The lowest BCUT2D eigenvalue weighted by molar-refractivity contribution is 0.0203. The Kier molecular flexibility index (Phi) is 9.11. The Morgan fingerprint density at radius 2 is 1.82 bits per heavy atom. The molecule has 1 aliphatic carbocycles. The van der Waals surface area contributed by atoms with E-state index < -0.39 is 0 Å². The molecule has 3 rings (SSSR count). The van der Waals surface area contributed by atoms with Crippen molar-refractivity contribution >= 4 is 5.96 Å². The second-order valence-electron chi connectivity index (χ2n) is 8.09.